The molecule has 1 saturated carbocycles. The molecule has 1 fully saturated rings. The second kappa shape index (κ2) is 7.54. The summed E-state index contributed by atoms with van der Waals surface area (Å²) in [6.07, 6.45) is -0.496. The van der Waals surface area contributed by atoms with Gasteiger partial charge in [-0.15, -0.1) is 21.5 Å². The molecule has 3 nitrogen and oxygen atoms in total. The van der Waals surface area contributed by atoms with Gasteiger partial charge in [0.15, 0.2) is 0 Å². The maximum atomic E-state index is 12.6. The molecule has 1 aromatic rings. The zero-order valence-electron chi connectivity index (χ0n) is 12.2. The Bertz CT molecular complexity index is 425. The summed E-state index contributed by atoms with van der Waals surface area (Å²) >= 11 is 1.56. The van der Waals surface area contributed by atoms with E-state index in [-0.39, 0.29) is 18.8 Å². The topological polar surface area (TPSA) is 37.8 Å². The number of nitrogens with one attached hydrogen (secondary N) is 1. The van der Waals surface area contributed by atoms with Gasteiger partial charge in [0.25, 0.3) is 0 Å². The fourth-order valence-electron chi connectivity index (χ4n) is 2.70. The molecular weight excluding hydrogens is 299 g/mol. The number of hydrogen-bond acceptors (Lipinski definition) is 4. The van der Waals surface area contributed by atoms with E-state index in [1.54, 1.807) is 11.3 Å². The first-order valence-electron chi connectivity index (χ1n) is 7.60. The molecule has 0 radical (unpaired) electrons. The Morgan fingerprint density at radius 2 is 1.86 bits per heavy atom. The van der Waals surface area contributed by atoms with Crippen molar-refractivity contribution in [1.82, 2.24) is 15.5 Å². The molecule has 0 bridgehead atoms. The van der Waals surface area contributed by atoms with Gasteiger partial charge in [-0.2, -0.15) is 13.2 Å². The molecule has 1 aliphatic carbocycles. The second-order valence-corrected chi connectivity index (χ2v) is 6.72. The zero-order chi connectivity index (χ0) is 15.3. The van der Waals surface area contributed by atoms with Crippen LogP contribution in [0.25, 0.3) is 0 Å². The number of rotatable bonds is 6. The summed E-state index contributed by atoms with van der Waals surface area (Å²) in [5.74, 6) is -0.960. The average Bonchev–Trinajstić information content (AvgIpc) is 2.92. The molecule has 0 spiro atoms. The highest BCUT2D eigenvalue weighted by Crippen LogP contribution is 2.43. The van der Waals surface area contributed by atoms with Gasteiger partial charge >= 0.3 is 6.18 Å². The molecule has 1 heterocycles. The fourth-order valence-corrected chi connectivity index (χ4v) is 3.71. The first-order chi connectivity index (χ1) is 10.0. The molecule has 0 aliphatic heterocycles. The highest BCUT2D eigenvalue weighted by Gasteiger charge is 2.42. The Labute approximate surface area is 127 Å². The SMILES string of the molecule is CCCNCCc1nnc(C2CCC(C(F)(F)F)CC2)s1. The number of halogens is 3. The van der Waals surface area contributed by atoms with Crippen LogP contribution in [-0.2, 0) is 6.42 Å². The van der Waals surface area contributed by atoms with Gasteiger partial charge in [-0.25, -0.2) is 0 Å². The molecule has 7 heteroatoms. The third-order valence-corrected chi connectivity index (χ3v) is 5.11. The van der Waals surface area contributed by atoms with Crippen molar-refractivity contribution in [3.63, 3.8) is 0 Å². The summed E-state index contributed by atoms with van der Waals surface area (Å²) < 4.78 is 37.9. The Hall–Kier alpha value is -0.690. The molecule has 0 amide bonds. The van der Waals surface area contributed by atoms with E-state index in [0.717, 1.165) is 35.9 Å². The van der Waals surface area contributed by atoms with Crippen LogP contribution >= 0.6 is 11.3 Å². The summed E-state index contributed by atoms with van der Waals surface area (Å²) in [5.41, 5.74) is 0. The third-order valence-electron chi connectivity index (χ3n) is 3.96. The molecule has 0 unspecified atom stereocenters. The van der Waals surface area contributed by atoms with Crippen LogP contribution in [0.2, 0.25) is 0 Å². The molecule has 0 aromatic carbocycles. The Balaban J connectivity index is 1.80. The Kier molecular flexibility index (Phi) is 5.98. The predicted octanol–water partition coefficient (Wildman–Crippen LogP) is 3.92. The van der Waals surface area contributed by atoms with Crippen molar-refractivity contribution in [2.75, 3.05) is 13.1 Å². The van der Waals surface area contributed by atoms with Gasteiger partial charge in [-0.3, -0.25) is 0 Å². The van der Waals surface area contributed by atoms with Gasteiger partial charge in [0.05, 0.1) is 5.92 Å². The quantitative estimate of drug-likeness (QED) is 0.807. The summed E-state index contributed by atoms with van der Waals surface area (Å²) in [5, 5.41) is 13.6. The summed E-state index contributed by atoms with van der Waals surface area (Å²) in [6.45, 7) is 3.99. The van der Waals surface area contributed by atoms with Crippen LogP contribution in [0.15, 0.2) is 0 Å². The van der Waals surface area contributed by atoms with E-state index >= 15 is 0 Å². The molecule has 2 rings (SSSR count). The van der Waals surface area contributed by atoms with E-state index < -0.39 is 12.1 Å². The molecule has 1 N–H and O–H groups in total. The zero-order valence-corrected chi connectivity index (χ0v) is 13.1. The van der Waals surface area contributed by atoms with Gasteiger partial charge in [0, 0.05) is 18.9 Å². The number of hydrogen-bond donors (Lipinski definition) is 1. The van der Waals surface area contributed by atoms with Crippen LogP contribution < -0.4 is 5.32 Å². The minimum atomic E-state index is -4.04. The van der Waals surface area contributed by atoms with Crippen LogP contribution in [0.4, 0.5) is 13.2 Å². The highest BCUT2D eigenvalue weighted by atomic mass is 32.1. The highest BCUT2D eigenvalue weighted by molar-refractivity contribution is 7.11. The first kappa shape index (κ1) is 16.7. The maximum absolute atomic E-state index is 12.6. The van der Waals surface area contributed by atoms with Gasteiger partial charge in [0.1, 0.15) is 10.0 Å². The predicted molar refractivity (Wildman–Crippen MR) is 77.5 cm³/mol. The number of aromatic nitrogens is 2. The Morgan fingerprint density at radius 1 is 1.14 bits per heavy atom. The van der Waals surface area contributed by atoms with E-state index in [4.69, 9.17) is 0 Å². The Morgan fingerprint density at radius 3 is 2.48 bits per heavy atom. The lowest BCUT2D eigenvalue weighted by molar-refractivity contribution is -0.182. The van der Waals surface area contributed by atoms with Crippen LogP contribution in [0.5, 0.6) is 0 Å². The molecule has 120 valence electrons. The lowest BCUT2D eigenvalue weighted by Gasteiger charge is -2.28. The lowest BCUT2D eigenvalue weighted by Crippen LogP contribution is -2.27. The van der Waals surface area contributed by atoms with Gasteiger partial charge in [-0.05, 0) is 38.6 Å². The van der Waals surface area contributed by atoms with Crippen molar-refractivity contribution in [2.45, 2.75) is 57.5 Å². The minimum Gasteiger partial charge on any atom is -0.316 e. The van der Waals surface area contributed by atoms with E-state index in [1.807, 2.05) is 0 Å². The van der Waals surface area contributed by atoms with Crippen LogP contribution in [0.3, 0.4) is 0 Å². The smallest absolute Gasteiger partial charge is 0.316 e. The molecule has 21 heavy (non-hydrogen) atoms. The maximum Gasteiger partial charge on any atom is 0.391 e. The van der Waals surface area contributed by atoms with Crippen LogP contribution in [0.1, 0.15) is 55.0 Å². The molecule has 0 saturated heterocycles. The standard InChI is InChI=1S/C14H22F3N3S/c1-2-8-18-9-7-12-19-20-13(21-12)10-3-5-11(6-4-10)14(15,16)17/h10-11,18H,2-9H2,1H3. The van der Waals surface area contributed by atoms with E-state index in [2.05, 4.69) is 22.4 Å². The monoisotopic (exact) mass is 321 g/mol. The summed E-state index contributed by atoms with van der Waals surface area (Å²) in [6, 6.07) is 0. The normalized spacial score (nSPS) is 23.4. The number of nitrogens with zero attached hydrogens (tertiary/aromatic N) is 2. The van der Waals surface area contributed by atoms with Crippen molar-refractivity contribution in [2.24, 2.45) is 5.92 Å². The second-order valence-electron chi connectivity index (χ2n) is 5.62. The van der Waals surface area contributed by atoms with Crippen LogP contribution in [-0.4, -0.2) is 29.5 Å². The van der Waals surface area contributed by atoms with Crippen LogP contribution in [0, 0.1) is 5.92 Å². The third kappa shape index (κ3) is 4.92. The van der Waals surface area contributed by atoms with Crippen molar-refractivity contribution in [3.05, 3.63) is 10.0 Å². The largest absolute Gasteiger partial charge is 0.391 e. The molecular formula is C14H22F3N3S. The van der Waals surface area contributed by atoms with Crippen molar-refractivity contribution in [3.8, 4) is 0 Å². The molecule has 1 aromatic heterocycles. The van der Waals surface area contributed by atoms with Gasteiger partial charge in [0.2, 0.25) is 0 Å². The summed E-state index contributed by atoms with van der Waals surface area (Å²) in [7, 11) is 0. The lowest BCUT2D eigenvalue weighted by atomic mass is 9.82. The average molecular weight is 321 g/mol. The van der Waals surface area contributed by atoms with Gasteiger partial charge < -0.3 is 5.32 Å². The number of alkyl halides is 3. The molecule has 0 atom stereocenters. The van der Waals surface area contributed by atoms with E-state index in [0.29, 0.717) is 12.8 Å². The van der Waals surface area contributed by atoms with Crippen molar-refractivity contribution in [1.29, 1.82) is 0 Å². The van der Waals surface area contributed by atoms with Gasteiger partial charge in [-0.1, -0.05) is 6.92 Å². The van der Waals surface area contributed by atoms with E-state index in [9.17, 15) is 13.2 Å². The fraction of sp³-hybridized carbons (Fsp3) is 0.857. The first-order valence-corrected chi connectivity index (χ1v) is 8.42. The van der Waals surface area contributed by atoms with Crippen molar-refractivity contribution >= 4 is 11.3 Å². The minimum absolute atomic E-state index is 0.165. The molecule has 1 aliphatic rings. The van der Waals surface area contributed by atoms with Crippen molar-refractivity contribution < 1.29 is 13.2 Å². The van der Waals surface area contributed by atoms with E-state index in [1.165, 1.54) is 0 Å². The summed E-state index contributed by atoms with van der Waals surface area (Å²) in [4.78, 5) is 0.